The fourth-order valence-electron chi connectivity index (χ4n) is 1.89. The van der Waals surface area contributed by atoms with Gasteiger partial charge in [-0.05, 0) is 36.8 Å². The molecule has 0 unspecified atom stereocenters. The smallest absolute Gasteiger partial charge is 0.196 e. The number of carbonyl (C=O) groups excluding carboxylic acids is 1. The van der Waals surface area contributed by atoms with Crippen LogP contribution >= 0.6 is 15.9 Å². The summed E-state index contributed by atoms with van der Waals surface area (Å²) >= 11 is 3.28. The summed E-state index contributed by atoms with van der Waals surface area (Å²) in [5.41, 5.74) is 7.31. The average Bonchev–Trinajstić information content (AvgIpc) is 2.41. The zero-order chi connectivity index (χ0) is 14.9. The topological polar surface area (TPSA) is 52.3 Å². The van der Waals surface area contributed by atoms with E-state index in [2.05, 4.69) is 15.9 Å². The molecule has 0 aromatic heterocycles. The number of carbonyl (C=O) groups is 1. The van der Waals surface area contributed by atoms with Gasteiger partial charge in [0.05, 0.1) is 12.7 Å². The first-order valence-corrected chi connectivity index (χ1v) is 6.67. The highest BCUT2D eigenvalue weighted by atomic mass is 79.9. The molecule has 104 valence electrons. The molecule has 2 aromatic carbocycles. The van der Waals surface area contributed by atoms with Crippen LogP contribution in [0.4, 0.5) is 10.1 Å². The van der Waals surface area contributed by atoms with E-state index in [0.717, 1.165) is 0 Å². The van der Waals surface area contributed by atoms with E-state index in [1.807, 2.05) is 0 Å². The lowest BCUT2D eigenvalue weighted by molar-refractivity contribution is 0.103. The molecule has 0 aliphatic heterocycles. The van der Waals surface area contributed by atoms with Crippen molar-refractivity contribution in [1.29, 1.82) is 0 Å². The van der Waals surface area contributed by atoms with Crippen LogP contribution in [0.3, 0.4) is 0 Å². The van der Waals surface area contributed by atoms with E-state index < -0.39 is 11.6 Å². The molecule has 5 heteroatoms. The summed E-state index contributed by atoms with van der Waals surface area (Å²) in [6.07, 6.45) is 0. The van der Waals surface area contributed by atoms with Crippen molar-refractivity contribution in [3.63, 3.8) is 0 Å². The van der Waals surface area contributed by atoms with Gasteiger partial charge >= 0.3 is 0 Å². The highest BCUT2D eigenvalue weighted by molar-refractivity contribution is 9.10. The number of benzene rings is 2. The van der Waals surface area contributed by atoms with Gasteiger partial charge in [0.25, 0.3) is 0 Å². The lowest BCUT2D eigenvalue weighted by atomic mass is 9.97. The Morgan fingerprint density at radius 2 is 1.95 bits per heavy atom. The number of nitrogens with two attached hydrogens (primary N) is 1. The number of halogens is 2. The number of methoxy groups -OCH3 is 1. The van der Waals surface area contributed by atoms with Crippen molar-refractivity contribution in [1.82, 2.24) is 0 Å². The van der Waals surface area contributed by atoms with E-state index in [1.165, 1.54) is 19.2 Å². The van der Waals surface area contributed by atoms with Crippen molar-refractivity contribution in [3.8, 4) is 5.75 Å². The Morgan fingerprint density at radius 1 is 1.25 bits per heavy atom. The lowest BCUT2D eigenvalue weighted by Crippen LogP contribution is -2.08. The number of hydrogen-bond donors (Lipinski definition) is 1. The molecule has 0 heterocycles. The van der Waals surface area contributed by atoms with Gasteiger partial charge in [0.15, 0.2) is 5.78 Å². The summed E-state index contributed by atoms with van der Waals surface area (Å²) in [5.74, 6) is -0.660. The normalized spacial score (nSPS) is 10.4. The van der Waals surface area contributed by atoms with Crippen molar-refractivity contribution < 1.29 is 13.9 Å². The van der Waals surface area contributed by atoms with Gasteiger partial charge in [0.1, 0.15) is 11.6 Å². The zero-order valence-corrected chi connectivity index (χ0v) is 12.6. The van der Waals surface area contributed by atoms with Gasteiger partial charge in [-0.3, -0.25) is 4.79 Å². The quantitative estimate of drug-likeness (QED) is 0.686. The highest BCUT2D eigenvalue weighted by Crippen LogP contribution is 2.26. The van der Waals surface area contributed by atoms with Crippen LogP contribution in [0.2, 0.25) is 0 Å². The number of rotatable bonds is 3. The third-order valence-corrected chi connectivity index (χ3v) is 3.54. The Kier molecular flexibility index (Phi) is 4.09. The number of hydrogen-bond acceptors (Lipinski definition) is 3. The van der Waals surface area contributed by atoms with Crippen molar-refractivity contribution in [2.75, 3.05) is 12.8 Å². The van der Waals surface area contributed by atoms with E-state index in [9.17, 15) is 9.18 Å². The van der Waals surface area contributed by atoms with Crippen LogP contribution in [0.1, 0.15) is 21.5 Å². The van der Waals surface area contributed by atoms with E-state index in [-0.39, 0.29) is 5.56 Å². The minimum absolute atomic E-state index is 0.00796. The van der Waals surface area contributed by atoms with Gasteiger partial charge in [-0.2, -0.15) is 0 Å². The van der Waals surface area contributed by atoms with Gasteiger partial charge in [-0.25, -0.2) is 4.39 Å². The van der Waals surface area contributed by atoms with Crippen molar-refractivity contribution in [3.05, 3.63) is 57.3 Å². The fraction of sp³-hybridized carbons (Fsp3) is 0.133. The summed E-state index contributed by atoms with van der Waals surface area (Å²) in [6.45, 7) is 1.73. The third kappa shape index (κ3) is 2.67. The molecule has 0 aliphatic rings. The first kappa shape index (κ1) is 14.5. The van der Waals surface area contributed by atoms with Gasteiger partial charge < -0.3 is 10.5 Å². The van der Waals surface area contributed by atoms with Crippen molar-refractivity contribution in [2.45, 2.75) is 6.92 Å². The summed E-state index contributed by atoms with van der Waals surface area (Å²) in [4.78, 5) is 12.4. The van der Waals surface area contributed by atoms with Crippen molar-refractivity contribution >= 4 is 27.4 Å². The molecule has 0 fully saturated rings. The molecule has 2 N–H and O–H groups in total. The summed E-state index contributed by atoms with van der Waals surface area (Å²) in [5, 5.41) is 0. The number of ether oxygens (including phenoxy) is 1. The van der Waals surface area contributed by atoms with E-state index in [0.29, 0.717) is 27.0 Å². The molecule has 2 rings (SSSR count). The monoisotopic (exact) mass is 337 g/mol. The molecule has 0 atom stereocenters. The summed E-state index contributed by atoms with van der Waals surface area (Å²) in [6, 6.07) is 7.48. The number of ketones is 1. The molecule has 2 aromatic rings. The molecule has 0 aliphatic carbocycles. The third-order valence-electron chi connectivity index (χ3n) is 3.08. The Bertz CT molecular complexity index is 686. The first-order chi connectivity index (χ1) is 9.43. The van der Waals surface area contributed by atoms with Gasteiger partial charge in [0.2, 0.25) is 0 Å². The first-order valence-electron chi connectivity index (χ1n) is 5.88. The minimum Gasteiger partial charge on any atom is -0.497 e. The standard InChI is InChI=1S/C15H13BrFNO2/c1-8-12(5-9(16)6-14(8)18)15(19)11-4-3-10(20-2)7-13(11)17/h3-7H,18H2,1-2H3. The van der Waals surface area contributed by atoms with Crippen LogP contribution < -0.4 is 10.5 Å². The average molecular weight is 338 g/mol. The van der Waals surface area contributed by atoms with Crippen molar-refractivity contribution in [2.24, 2.45) is 0 Å². The van der Waals surface area contributed by atoms with Gasteiger partial charge in [-0.15, -0.1) is 0 Å². The molecule has 0 spiro atoms. The molecule has 3 nitrogen and oxygen atoms in total. The van der Waals surface area contributed by atoms with Crippen LogP contribution in [-0.4, -0.2) is 12.9 Å². The van der Waals surface area contributed by atoms with Crippen LogP contribution in [-0.2, 0) is 0 Å². The van der Waals surface area contributed by atoms with Crippen LogP contribution in [0.5, 0.6) is 5.75 Å². The van der Waals surface area contributed by atoms with Crippen LogP contribution in [0.25, 0.3) is 0 Å². The predicted octanol–water partition coefficient (Wildman–Crippen LogP) is 3.72. The minimum atomic E-state index is -0.618. The van der Waals surface area contributed by atoms with E-state index in [1.54, 1.807) is 25.1 Å². The largest absolute Gasteiger partial charge is 0.497 e. The van der Waals surface area contributed by atoms with Gasteiger partial charge in [0, 0.05) is 21.8 Å². The Labute approximate surface area is 124 Å². The lowest BCUT2D eigenvalue weighted by Gasteiger charge is -2.10. The number of nitrogen functional groups attached to an aromatic ring is 1. The van der Waals surface area contributed by atoms with E-state index >= 15 is 0 Å². The highest BCUT2D eigenvalue weighted by Gasteiger charge is 2.18. The molecular formula is C15H13BrFNO2. The molecule has 0 amide bonds. The summed E-state index contributed by atoms with van der Waals surface area (Å²) in [7, 11) is 1.44. The molecule has 0 bridgehead atoms. The Hall–Kier alpha value is -1.88. The molecule has 20 heavy (non-hydrogen) atoms. The molecule has 0 saturated carbocycles. The predicted molar refractivity (Wildman–Crippen MR) is 79.7 cm³/mol. The maximum atomic E-state index is 14.0. The molecule has 0 radical (unpaired) electrons. The maximum Gasteiger partial charge on any atom is 0.196 e. The second-order valence-corrected chi connectivity index (χ2v) is 5.26. The van der Waals surface area contributed by atoms with Gasteiger partial charge in [-0.1, -0.05) is 15.9 Å². The molecular weight excluding hydrogens is 325 g/mol. The maximum absolute atomic E-state index is 14.0. The Balaban J connectivity index is 2.52. The van der Waals surface area contributed by atoms with E-state index in [4.69, 9.17) is 10.5 Å². The van der Waals surface area contributed by atoms with Crippen LogP contribution in [0.15, 0.2) is 34.8 Å². The second kappa shape index (κ2) is 5.63. The van der Waals surface area contributed by atoms with Crippen LogP contribution in [0, 0.1) is 12.7 Å². The Morgan fingerprint density at radius 3 is 2.55 bits per heavy atom. The summed E-state index contributed by atoms with van der Waals surface area (Å²) < 4.78 is 19.6. The second-order valence-electron chi connectivity index (χ2n) is 4.34. The zero-order valence-electron chi connectivity index (χ0n) is 11.0. The fourth-order valence-corrected chi connectivity index (χ4v) is 2.36. The molecule has 0 saturated heterocycles. The number of anilines is 1. The SMILES string of the molecule is COc1ccc(C(=O)c2cc(Br)cc(N)c2C)c(F)c1.